The second-order valence-corrected chi connectivity index (χ2v) is 4.41. The summed E-state index contributed by atoms with van der Waals surface area (Å²) in [4.78, 5) is 13.2. The van der Waals surface area contributed by atoms with E-state index in [1.54, 1.807) is 0 Å². The van der Waals surface area contributed by atoms with E-state index in [0.29, 0.717) is 19.5 Å². The Balaban J connectivity index is 3.67. The molecule has 108 valence electrons. The Bertz CT molecular complexity index is 211. The number of ether oxygens (including phenoxy) is 1. The molecule has 0 aliphatic heterocycles. The standard InChI is InChI=1S/C13H27NO4/c1-3-5-6-7-13(17)18-11-12(16)10-14(4-2)8-9-15/h12,15-16H,3-11H2,1-2H3/t12-/m0/s1. The van der Waals surface area contributed by atoms with Gasteiger partial charge < -0.3 is 14.9 Å². The molecule has 0 heterocycles. The lowest BCUT2D eigenvalue weighted by Crippen LogP contribution is -2.37. The lowest BCUT2D eigenvalue weighted by atomic mass is 10.2. The molecule has 0 saturated carbocycles. The van der Waals surface area contributed by atoms with Crippen molar-refractivity contribution >= 4 is 5.97 Å². The molecule has 0 aliphatic carbocycles. The molecule has 2 N–H and O–H groups in total. The fourth-order valence-electron chi connectivity index (χ4n) is 1.65. The molecule has 0 amide bonds. The van der Waals surface area contributed by atoms with Gasteiger partial charge in [0.05, 0.1) is 6.61 Å². The molecule has 5 heteroatoms. The molecular formula is C13H27NO4. The first-order chi connectivity index (χ1) is 8.63. The first kappa shape index (κ1) is 17.4. The van der Waals surface area contributed by atoms with E-state index in [1.807, 2.05) is 11.8 Å². The van der Waals surface area contributed by atoms with Crippen molar-refractivity contribution < 1.29 is 19.7 Å². The average molecular weight is 261 g/mol. The lowest BCUT2D eigenvalue weighted by molar-refractivity contribution is -0.147. The van der Waals surface area contributed by atoms with Crippen LogP contribution in [-0.2, 0) is 9.53 Å². The van der Waals surface area contributed by atoms with Gasteiger partial charge in [-0.1, -0.05) is 26.7 Å². The van der Waals surface area contributed by atoms with Crippen LogP contribution in [0, 0.1) is 0 Å². The van der Waals surface area contributed by atoms with Gasteiger partial charge in [-0.3, -0.25) is 9.69 Å². The molecule has 0 aromatic rings. The second-order valence-electron chi connectivity index (χ2n) is 4.41. The van der Waals surface area contributed by atoms with Crippen LogP contribution in [0.5, 0.6) is 0 Å². The van der Waals surface area contributed by atoms with Crippen molar-refractivity contribution in [2.45, 2.75) is 45.6 Å². The summed E-state index contributed by atoms with van der Waals surface area (Å²) < 4.78 is 5.00. The number of aliphatic hydroxyl groups is 2. The van der Waals surface area contributed by atoms with Gasteiger partial charge in [0, 0.05) is 19.5 Å². The van der Waals surface area contributed by atoms with Crippen LogP contribution in [0.2, 0.25) is 0 Å². The van der Waals surface area contributed by atoms with Gasteiger partial charge in [-0.2, -0.15) is 0 Å². The molecule has 0 rings (SSSR count). The Hall–Kier alpha value is -0.650. The van der Waals surface area contributed by atoms with Crippen molar-refractivity contribution in [1.29, 1.82) is 0 Å². The van der Waals surface area contributed by atoms with Crippen LogP contribution in [0.3, 0.4) is 0 Å². The maximum Gasteiger partial charge on any atom is 0.305 e. The van der Waals surface area contributed by atoms with Crippen LogP contribution in [0.25, 0.3) is 0 Å². The lowest BCUT2D eigenvalue weighted by Gasteiger charge is -2.22. The van der Waals surface area contributed by atoms with Crippen molar-refractivity contribution in [2.24, 2.45) is 0 Å². The SMILES string of the molecule is CCCCCC(=O)OC[C@@H](O)CN(CC)CCO. The Kier molecular flexibility index (Phi) is 11.0. The number of unbranched alkanes of at least 4 members (excludes halogenated alkanes) is 2. The number of hydrogen-bond acceptors (Lipinski definition) is 5. The summed E-state index contributed by atoms with van der Waals surface area (Å²) in [5, 5.41) is 18.5. The van der Waals surface area contributed by atoms with Crippen molar-refractivity contribution in [2.75, 3.05) is 32.8 Å². The van der Waals surface area contributed by atoms with E-state index in [4.69, 9.17) is 9.84 Å². The molecule has 0 saturated heterocycles. The molecule has 18 heavy (non-hydrogen) atoms. The van der Waals surface area contributed by atoms with E-state index < -0.39 is 6.10 Å². The fraction of sp³-hybridized carbons (Fsp3) is 0.923. The molecule has 0 radical (unpaired) electrons. The van der Waals surface area contributed by atoms with Gasteiger partial charge in [0.25, 0.3) is 0 Å². The summed E-state index contributed by atoms with van der Waals surface area (Å²) >= 11 is 0. The van der Waals surface area contributed by atoms with E-state index in [-0.39, 0.29) is 19.2 Å². The predicted molar refractivity (Wildman–Crippen MR) is 70.3 cm³/mol. The zero-order valence-corrected chi connectivity index (χ0v) is 11.6. The van der Waals surface area contributed by atoms with E-state index in [9.17, 15) is 9.90 Å². The summed E-state index contributed by atoms with van der Waals surface area (Å²) in [5.41, 5.74) is 0. The zero-order chi connectivity index (χ0) is 13.8. The topological polar surface area (TPSA) is 70.0 Å². The van der Waals surface area contributed by atoms with Crippen LogP contribution in [0.4, 0.5) is 0 Å². The van der Waals surface area contributed by atoms with Crippen LogP contribution in [-0.4, -0.2) is 60.0 Å². The maximum atomic E-state index is 11.3. The Labute approximate surface area is 110 Å². The largest absolute Gasteiger partial charge is 0.463 e. The molecule has 0 aromatic carbocycles. The summed E-state index contributed by atoms with van der Waals surface area (Å²) in [5.74, 6) is -0.243. The summed E-state index contributed by atoms with van der Waals surface area (Å²) in [6.07, 6.45) is 2.68. The second kappa shape index (κ2) is 11.4. The minimum absolute atomic E-state index is 0.0346. The van der Waals surface area contributed by atoms with E-state index in [1.165, 1.54) is 0 Å². The van der Waals surface area contributed by atoms with Crippen molar-refractivity contribution in [3.63, 3.8) is 0 Å². The third-order valence-electron chi connectivity index (χ3n) is 2.75. The number of esters is 1. The highest BCUT2D eigenvalue weighted by Gasteiger charge is 2.12. The smallest absolute Gasteiger partial charge is 0.305 e. The fourth-order valence-corrected chi connectivity index (χ4v) is 1.65. The van der Waals surface area contributed by atoms with Gasteiger partial charge in [-0.25, -0.2) is 0 Å². The Morgan fingerprint density at radius 2 is 2.06 bits per heavy atom. The molecule has 0 aliphatic rings. The minimum Gasteiger partial charge on any atom is -0.463 e. The third kappa shape index (κ3) is 9.39. The molecule has 1 atom stereocenters. The van der Waals surface area contributed by atoms with Crippen molar-refractivity contribution in [3.8, 4) is 0 Å². The summed E-state index contributed by atoms with van der Waals surface area (Å²) in [6.45, 7) is 5.83. The quantitative estimate of drug-likeness (QED) is 0.425. The number of carbonyl (C=O) groups excluding carboxylic acids is 1. The first-order valence-electron chi connectivity index (χ1n) is 6.80. The van der Waals surface area contributed by atoms with Crippen LogP contribution >= 0.6 is 0 Å². The number of nitrogens with zero attached hydrogens (tertiary/aromatic N) is 1. The predicted octanol–water partition coefficient (Wildman–Crippen LogP) is 0.785. The third-order valence-corrected chi connectivity index (χ3v) is 2.75. The molecular weight excluding hydrogens is 234 g/mol. The normalized spacial score (nSPS) is 12.7. The molecule has 0 aromatic heterocycles. The average Bonchev–Trinajstić information content (AvgIpc) is 2.36. The van der Waals surface area contributed by atoms with Crippen molar-refractivity contribution in [3.05, 3.63) is 0 Å². The Morgan fingerprint density at radius 1 is 1.33 bits per heavy atom. The van der Waals surface area contributed by atoms with E-state index in [2.05, 4.69) is 6.92 Å². The molecule has 0 fully saturated rings. The highest BCUT2D eigenvalue weighted by molar-refractivity contribution is 5.69. The molecule has 0 unspecified atom stereocenters. The van der Waals surface area contributed by atoms with Gasteiger partial charge in [-0.05, 0) is 13.0 Å². The summed E-state index contributed by atoms with van der Waals surface area (Å²) in [6, 6.07) is 0. The minimum atomic E-state index is -0.688. The number of aliphatic hydroxyl groups excluding tert-OH is 2. The van der Waals surface area contributed by atoms with Gasteiger partial charge in [0.1, 0.15) is 12.7 Å². The van der Waals surface area contributed by atoms with Crippen LogP contribution in [0.1, 0.15) is 39.5 Å². The first-order valence-corrected chi connectivity index (χ1v) is 6.80. The molecule has 0 spiro atoms. The number of likely N-dealkylation sites (N-methyl/N-ethyl adjacent to an activating group) is 1. The number of carbonyl (C=O) groups is 1. The van der Waals surface area contributed by atoms with Crippen LogP contribution < -0.4 is 0 Å². The monoisotopic (exact) mass is 261 g/mol. The van der Waals surface area contributed by atoms with Gasteiger partial charge in [-0.15, -0.1) is 0 Å². The summed E-state index contributed by atoms with van der Waals surface area (Å²) in [7, 11) is 0. The van der Waals surface area contributed by atoms with E-state index >= 15 is 0 Å². The van der Waals surface area contributed by atoms with Crippen molar-refractivity contribution in [1.82, 2.24) is 4.90 Å². The van der Waals surface area contributed by atoms with Gasteiger partial charge in [0.2, 0.25) is 0 Å². The Morgan fingerprint density at radius 3 is 2.61 bits per heavy atom. The highest BCUT2D eigenvalue weighted by atomic mass is 16.5. The number of hydrogen-bond donors (Lipinski definition) is 2. The van der Waals surface area contributed by atoms with Gasteiger partial charge in [0.15, 0.2) is 0 Å². The highest BCUT2D eigenvalue weighted by Crippen LogP contribution is 2.01. The van der Waals surface area contributed by atoms with E-state index in [0.717, 1.165) is 25.8 Å². The molecule has 0 bridgehead atoms. The number of rotatable bonds is 11. The maximum absolute atomic E-state index is 11.3. The molecule has 5 nitrogen and oxygen atoms in total. The zero-order valence-electron chi connectivity index (χ0n) is 11.6. The van der Waals surface area contributed by atoms with Gasteiger partial charge >= 0.3 is 5.97 Å². The van der Waals surface area contributed by atoms with Crippen LogP contribution in [0.15, 0.2) is 0 Å².